The van der Waals surface area contributed by atoms with Crippen LogP contribution in [0.1, 0.15) is 31.0 Å². The van der Waals surface area contributed by atoms with Crippen LogP contribution in [-0.4, -0.2) is 21.1 Å². The van der Waals surface area contributed by atoms with E-state index in [4.69, 9.17) is 11.6 Å². The Hall–Kier alpha value is -1.79. The molecule has 0 radical (unpaired) electrons. The summed E-state index contributed by atoms with van der Waals surface area (Å²) in [7, 11) is 0. The van der Waals surface area contributed by atoms with Crippen LogP contribution in [0.4, 0.5) is 5.69 Å². The SMILES string of the molecule is CCC(Sc1nc2c(c(=O)[nH]1)CCC2)C(=O)Nc1cccc(Cl)c1. The number of anilines is 1. The van der Waals surface area contributed by atoms with E-state index in [1.54, 1.807) is 24.3 Å². The standard InChI is InChI=1S/C17H18ClN3O2S/c1-2-14(16(23)19-11-6-3-5-10(18)9-11)24-17-20-13-8-4-7-12(13)15(22)21-17/h3,5-6,9,14H,2,4,7-8H2,1H3,(H,19,23)(H,20,21,22). The summed E-state index contributed by atoms with van der Waals surface area (Å²) >= 11 is 7.23. The number of nitrogens with one attached hydrogen (secondary N) is 2. The van der Waals surface area contributed by atoms with Crippen molar-refractivity contribution >= 4 is 35.0 Å². The highest BCUT2D eigenvalue weighted by Gasteiger charge is 2.22. The van der Waals surface area contributed by atoms with Crippen molar-refractivity contribution in [2.75, 3.05) is 5.32 Å². The zero-order valence-corrected chi connectivity index (χ0v) is 14.8. The van der Waals surface area contributed by atoms with Crippen molar-refractivity contribution in [3.8, 4) is 0 Å². The minimum absolute atomic E-state index is 0.0786. The maximum atomic E-state index is 12.5. The number of fused-ring (bicyclic) bond motifs is 1. The molecule has 1 unspecified atom stereocenters. The van der Waals surface area contributed by atoms with Crippen molar-refractivity contribution in [2.24, 2.45) is 0 Å². The van der Waals surface area contributed by atoms with Gasteiger partial charge in [-0.3, -0.25) is 9.59 Å². The van der Waals surface area contributed by atoms with Crippen LogP contribution in [0, 0.1) is 0 Å². The van der Waals surface area contributed by atoms with Gasteiger partial charge in [-0.05, 0) is 43.9 Å². The van der Waals surface area contributed by atoms with E-state index in [2.05, 4.69) is 15.3 Å². The third-order valence-electron chi connectivity index (χ3n) is 3.93. The molecule has 5 nitrogen and oxygen atoms in total. The lowest BCUT2D eigenvalue weighted by Gasteiger charge is -2.14. The summed E-state index contributed by atoms with van der Waals surface area (Å²) in [5, 5.41) is 3.59. The molecule has 0 saturated heterocycles. The molecule has 0 saturated carbocycles. The van der Waals surface area contributed by atoms with E-state index < -0.39 is 0 Å². The number of thioether (sulfide) groups is 1. The fourth-order valence-electron chi connectivity index (χ4n) is 2.72. The van der Waals surface area contributed by atoms with E-state index in [0.717, 1.165) is 30.5 Å². The van der Waals surface area contributed by atoms with E-state index in [1.165, 1.54) is 11.8 Å². The Morgan fingerprint density at radius 2 is 2.29 bits per heavy atom. The Balaban J connectivity index is 1.74. The Morgan fingerprint density at radius 3 is 3.04 bits per heavy atom. The first kappa shape index (κ1) is 17.0. The van der Waals surface area contributed by atoms with Gasteiger partial charge in [0.25, 0.3) is 5.56 Å². The fraction of sp³-hybridized carbons (Fsp3) is 0.353. The number of carbonyl (C=O) groups excluding carboxylic acids is 1. The van der Waals surface area contributed by atoms with Crippen LogP contribution < -0.4 is 10.9 Å². The second kappa shape index (κ2) is 7.40. The quantitative estimate of drug-likeness (QED) is 0.630. The van der Waals surface area contributed by atoms with E-state index in [-0.39, 0.29) is 16.7 Å². The van der Waals surface area contributed by atoms with Crippen molar-refractivity contribution in [2.45, 2.75) is 43.0 Å². The van der Waals surface area contributed by atoms with Crippen molar-refractivity contribution in [3.63, 3.8) is 0 Å². The number of aromatic nitrogens is 2. The molecular weight excluding hydrogens is 346 g/mol. The molecule has 1 aliphatic carbocycles. The lowest BCUT2D eigenvalue weighted by Crippen LogP contribution is -2.25. The van der Waals surface area contributed by atoms with Gasteiger partial charge in [0.2, 0.25) is 5.91 Å². The minimum atomic E-state index is -0.341. The highest BCUT2D eigenvalue weighted by molar-refractivity contribution is 8.00. The number of hydrogen-bond acceptors (Lipinski definition) is 4. The monoisotopic (exact) mass is 363 g/mol. The van der Waals surface area contributed by atoms with Gasteiger partial charge >= 0.3 is 0 Å². The van der Waals surface area contributed by atoms with E-state index >= 15 is 0 Å². The second-order valence-electron chi connectivity index (χ2n) is 5.66. The number of benzene rings is 1. The lowest BCUT2D eigenvalue weighted by molar-refractivity contribution is -0.115. The van der Waals surface area contributed by atoms with Gasteiger partial charge in [-0.25, -0.2) is 4.98 Å². The van der Waals surface area contributed by atoms with Gasteiger partial charge in [0.15, 0.2) is 5.16 Å². The highest BCUT2D eigenvalue weighted by atomic mass is 35.5. The van der Waals surface area contributed by atoms with Gasteiger partial charge in [-0.15, -0.1) is 0 Å². The van der Waals surface area contributed by atoms with Gasteiger partial charge < -0.3 is 10.3 Å². The molecule has 0 spiro atoms. The molecule has 3 rings (SSSR count). The number of rotatable bonds is 5. The summed E-state index contributed by atoms with van der Waals surface area (Å²) in [6, 6.07) is 7.02. The smallest absolute Gasteiger partial charge is 0.254 e. The van der Waals surface area contributed by atoms with Crippen LogP contribution in [0.2, 0.25) is 5.02 Å². The van der Waals surface area contributed by atoms with E-state index in [0.29, 0.717) is 22.3 Å². The number of aryl methyl sites for hydroxylation is 1. The summed E-state index contributed by atoms with van der Waals surface area (Å²) in [6.45, 7) is 1.93. The van der Waals surface area contributed by atoms with Gasteiger partial charge in [0, 0.05) is 16.3 Å². The first-order valence-electron chi connectivity index (χ1n) is 7.92. The zero-order chi connectivity index (χ0) is 17.1. The average molecular weight is 364 g/mol. The zero-order valence-electron chi connectivity index (χ0n) is 13.3. The van der Waals surface area contributed by atoms with Gasteiger partial charge in [0.1, 0.15) is 0 Å². The Labute approximate surface area is 149 Å². The highest BCUT2D eigenvalue weighted by Crippen LogP contribution is 2.25. The second-order valence-corrected chi connectivity index (χ2v) is 7.29. The number of hydrogen-bond donors (Lipinski definition) is 2. The number of aromatic amines is 1. The molecule has 1 aromatic heterocycles. The number of H-pyrrole nitrogens is 1. The molecule has 7 heteroatoms. The minimum Gasteiger partial charge on any atom is -0.325 e. The molecule has 1 aromatic carbocycles. The Bertz CT molecular complexity index is 822. The summed E-state index contributed by atoms with van der Waals surface area (Å²) in [6.07, 6.45) is 3.21. The van der Waals surface area contributed by atoms with Gasteiger partial charge in [-0.2, -0.15) is 0 Å². The molecule has 24 heavy (non-hydrogen) atoms. The molecule has 2 N–H and O–H groups in total. The van der Waals surface area contributed by atoms with Crippen molar-refractivity contribution in [1.82, 2.24) is 9.97 Å². The average Bonchev–Trinajstić information content (AvgIpc) is 3.01. The number of carbonyl (C=O) groups is 1. The molecule has 126 valence electrons. The van der Waals surface area contributed by atoms with Crippen molar-refractivity contribution < 1.29 is 4.79 Å². The lowest BCUT2D eigenvalue weighted by atomic mass is 10.3. The molecule has 0 bridgehead atoms. The van der Waals surface area contributed by atoms with Crippen molar-refractivity contribution in [3.05, 3.63) is 50.9 Å². The molecule has 1 atom stereocenters. The predicted molar refractivity (Wildman–Crippen MR) is 96.9 cm³/mol. The molecule has 2 aromatic rings. The maximum absolute atomic E-state index is 12.5. The fourth-order valence-corrected chi connectivity index (χ4v) is 3.83. The first-order valence-corrected chi connectivity index (χ1v) is 9.17. The number of amides is 1. The van der Waals surface area contributed by atoms with Gasteiger partial charge in [-0.1, -0.05) is 36.4 Å². The topological polar surface area (TPSA) is 74.8 Å². The van der Waals surface area contributed by atoms with Crippen LogP contribution in [0.25, 0.3) is 0 Å². The summed E-state index contributed by atoms with van der Waals surface area (Å²) < 4.78 is 0. The molecule has 1 heterocycles. The number of nitrogens with zero attached hydrogens (tertiary/aromatic N) is 1. The van der Waals surface area contributed by atoms with Gasteiger partial charge in [0.05, 0.1) is 10.9 Å². The first-order chi connectivity index (χ1) is 11.6. The largest absolute Gasteiger partial charge is 0.325 e. The normalized spacial score (nSPS) is 14.2. The molecule has 1 aliphatic rings. The van der Waals surface area contributed by atoms with Crippen LogP contribution in [-0.2, 0) is 17.6 Å². The molecular formula is C17H18ClN3O2S. The summed E-state index contributed by atoms with van der Waals surface area (Å²) in [4.78, 5) is 31.9. The van der Waals surface area contributed by atoms with Crippen LogP contribution >= 0.6 is 23.4 Å². The molecule has 1 amide bonds. The Kier molecular flexibility index (Phi) is 5.26. The van der Waals surface area contributed by atoms with E-state index in [9.17, 15) is 9.59 Å². The summed E-state index contributed by atoms with van der Waals surface area (Å²) in [5.74, 6) is -0.132. The van der Waals surface area contributed by atoms with Crippen LogP contribution in [0.15, 0.2) is 34.2 Å². The van der Waals surface area contributed by atoms with Crippen LogP contribution in [0.5, 0.6) is 0 Å². The van der Waals surface area contributed by atoms with E-state index in [1.807, 2.05) is 6.92 Å². The predicted octanol–water partition coefficient (Wildman–Crippen LogP) is 3.42. The number of halogens is 1. The molecule has 0 fully saturated rings. The van der Waals surface area contributed by atoms with Crippen molar-refractivity contribution in [1.29, 1.82) is 0 Å². The third kappa shape index (κ3) is 3.82. The maximum Gasteiger partial charge on any atom is 0.254 e. The summed E-state index contributed by atoms with van der Waals surface area (Å²) in [5.41, 5.74) is 2.23. The Morgan fingerprint density at radius 1 is 1.46 bits per heavy atom. The van der Waals surface area contributed by atoms with Crippen LogP contribution in [0.3, 0.4) is 0 Å². The molecule has 0 aliphatic heterocycles. The third-order valence-corrected chi connectivity index (χ3v) is 5.41.